The molecular formula is C16H30N2O2. The smallest absolute Gasteiger partial charge is 0.220 e. The van der Waals surface area contributed by atoms with Crippen LogP contribution in [0.3, 0.4) is 0 Å². The number of ether oxygens (including phenoxy) is 1. The van der Waals surface area contributed by atoms with Crippen molar-refractivity contribution in [3.05, 3.63) is 0 Å². The van der Waals surface area contributed by atoms with Gasteiger partial charge in [-0.25, -0.2) is 0 Å². The van der Waals surface area contributed by atoms with Crippen LogP contribution in [0.2, 0.25) is 0 Å². The van der Waals surface area contributed by atoms with Gasteiger partial charge in [-0.3, -0.25) is 9.69 Å². The van der Waals surface area contributed by atoms with Crippen LogP contribution < -0.4 is 5.32 Å². The maximum Gasteiger partial charge on any atom is 0.220 e. The van der Waals surface area contributed by atoms with Crippen LogP contribution in [0.25, 0.3) is 0 Å². The molecule has 0 atom stereocenters. The highest BCUT2D eigenvalue weighted by Crippen LogP contribution is 2.33. The Morgan fingerprint density at radius 1 is 1.20 bits per heavy atom. The molecule has 1 amide bonds. The first-order valence-electron chi connectivity index (χ1n) is 8.22. The van der Waals surface area contributed by atoms with Crippen molar-refractivity contribution in [3.8, 4) is 0 Å². The highest BCUT2D eigenvalue weighted by atomic mass is 16.5. The van der Waals surface area contributed by atoms with Crippen molar-refractivity contribution in [1.82, 2.24) is 10.2 Å². The van der Waals surface area contributed by atoms with Gasteiger partial charge in [0.2, 0.25) is 5.91 Å². The van der Waals surface area contributed by atoms with Crippen LogP contribution in [0.1, 0.15) is 52.4 Å². The van der Waals surface area contributed by atoms with Crippen LogP contribution in [0.4, 0.5) is 0 Å². The van der Waals surface area contributed by atoms with Crippen LogP contribution in [0.15, 0.2) is 0 Å². The van der Waals surface area contributed by atoms with Gasteiger partial charge in [0.25, 0.3) is 0 Å². The summed E-state index contributed by atoms with van der Waals surface area (Å²) >= 11 is 0. The van der Waals surface area contributed by atoms with Gasteiger partial charge in [0.1, 0.15) is 0 Å². The van der Waals surface area contributed by atoms with Crippen molar-refractivity contribution < 1.29 is 9.53 Å². The second-order valence-electron chi connectivity index (χ2n) is 6.76. The third kappa shape index (κ3) is 4.19. The van der Waals surface area contributed by atoms with E-state index in [1.165, 1.54) is 32.1 Å². The second kappa shape index (κ2) is 7.41. The topological polar surface area (TPSA) is 41.6 Å². The maximum atomic E-state index is 12.0. The van der Waals surface area contributed by atoms with Gasteiger partial charge in [-0.2, -0.15) is 0 Å². The van der Waals surface area contributed by atoms with E-state index in [2.05, 4.69) is 24.1 Å². The summed E-state index contributed by atoms with van der Waals surface area (Å²) in [5, 5.41) is 3.20. The van der Waals surface area contributed by atoms with Crippen molar-refractivity contribution in [2.45, 2.75) is 57.9 Å². The molecule has 0 bridgehead atoms. The number of carbonyl (C=O) groups excluding carboxylic acids is 1. The SMILES string of the molecule is CC(C)CC(=O)NCC1(N2CCOCC2)CCCCC1. The molecule has 0 aromatic rings. The van der Waals surface area contributed by atoms with E-state index < -0.39 is 0 Å². The third-order valence-electron chi connectivity index (χ3n) is 4.67. The normalized spacial score (nSPS) is 23.8. The largest absolute Gasteiger partial charge is 0.379 e. The molecule has 2 aliphatic rings. The molecule has 4 heteroatoms. The molecule has 2 rings (SSSR count). The molecule has 1 aliphatic carbocycles. The first-order chi connectivity index (χ1) is 9.62. The Balaban J connectivity index is 1.94. The molecule has 1 saturated heterocycles. The first-order valence-corrected chi connectivity index (χ1v) is 8.22. The molecular weight excluding hydrogens is 252 g/mol. The zero-order valence-electron chi connectivity index (χ0n) is 13.1. The van der Waals surface area contributed by atoms with Crippen LogP contribution in [-0.2, 0) is 9.53 Å². The Morgan fingerprint density at radius 3 is 2.45 bits per heavy atom. The summed E-state index contributed by atoms with van der Waals surface area (Å²) in [5.74, 6) is 0.638. The minimum atomic E-state index is 0.189. The third-order valence-corrected chi connectivity index (χ3v) is 4.67. The number of carbonyl (C=O) groups is 1. The Morgan fingerprint density at radius 2 is 1.85 bits per heavy atom. The number of hydrogen-bond acceptors (Lipinski definition) is 3. The van der Waals surface area contributed by atoms with Gasteiger partial charge in [0, 0.05) is 31.6 Å². The summed E-state index contributed by atoms with van der Waals surface area (Å²) in [6.45, 7) is 8.71. The minimum absolute atomic E-state index is 0.189. The summed E-state index contributed by atoms with van der Waals surface area (Å²) < 4.78 is 5.48. The van der Waals surface area contributed by atoms with Crippen molar-refractivity contribution in [1.29, 1.82) is 0 Å². The summed E-state index contributed by atoms with van der Waals surface area (Å²) in [6.07, 6.45) is 6.99. The molecule has 0 radical (unpaired) electrons. The Kier molecular flexibility index (Phi) is 5.85. The lowest BCUT2D eigenvalue weighted by molar-refractivity contribution is -0.123. The molecule has 1 heterocycles. The molecule has 1 N–H and O–H groups in total. The van der Waals surface area contributed by atoms with Crippen LogP contribution >= 0.6 is 0 Å². The summed E-state index contributed by atoms with van der Waals surface area (Å²) in [6, 6.07) is 0. The Hall–Kier alpha value is -0.610. The molecule has 0 aromatic heterocycles. The maximum absolute atomic E-state index is 12.0. The van der Waals surface area contributed by atoms with Crippen molar-refractivity contribution >= 4 is 5.91 Å². The minimum Gasteiger partial charge on any atom is -0.379 e. The van der Waals surface area contributed by atoms with Gasteiger partial charge in [-0.05, 0) is 18.8 Å². The molecule has 2 fully saturated rings. The number of morpholine rings is 1. The first kappa shape index (κ1) is 15.8. The molecule has 0 aromatic carbocycles. The van der Waals surface area contributed by atoms with E-state index in [4.69, 9.17) is 4.74 Å². The second-order valence-corrected chi connectivity index (χ2v) is 6.76. The highest BCUT2D eigenvalue weighted by Gasteiger charge is 2.38. The van der Waals surface area contributed by atoms with Crippen molar-refractivity contribution in [3.63, 3.8) is 0 Å². The standard InChI is InChI=1S/C16H30N2O2/c1-14(2)12-15(19)17-13-16(6-4-3-5-7-16)18-8-10-20-11-9-18/h14H,3-13H2,1-2H3,(H,17,19). The highest BCUT2D eigenvalue weighted by molar-refractivity contribution is 5.76. The quantitative estimate of drug-likeness (QED) is 0.840. The molecule has 20 heavy (non-hydrogen) atoms. The lowest BCUT2D eigenvalue weighted by Gasteiger charge is -2.48. The van der Waals surface area contributed by atoms with E-state index in [1.54, 1.807) is 0 Å². The van der Waals surface area contributed by atoms with E-state index in [0.717, 1.165) is 32.8 Å². The predicted octanol–water partition coefficient (Wildman–Crippen LogP) is 2.18. The predicted molar refractivity (Wildman–Crippen MR) is 80.7 cm³/mol. The molecule has 0 spiro atoms. The molecule has 4 nitrogen and oxygen atoms in total. The monoisotopic (exact) mass is 282 g/mol. The van der Waals surface area contributed by atoms with E-state index in [1.807, 2.05) is 0 Å². The van der Waals surface area contributed by atoms with Gasteiger partial charge in [0.15, 0.2) is 0 Å². The summed E-state index contributed by atoms with van der Waals surface area (Å²) in [7, 11) is 0. The van der Waals surface area contributed by atoms with Crippen LogP contribution in [0.5, 0.6) is 0 Å². The van der Waals surface area contributed by atoms with Gasteiger partial charge >= 0.3 is 0 Å². The van der Waals surface area contributed by atoms with Crippen LogP contribution in [0, 0.1) is 5.92 Å². The Bertz CT molecular complexity index is 306. The summed E-state index contributed by atoms with van der Waals surface area (Å²) in [5.41, 5.74) is 0.189. The number of nitrogens with one attached hydrogen (secondary N) is 1. The lowest BCUT2D eigenvalue weighted by atomic mass is 9.79. The van der Waals surface area contributed by atoms with E-state index in [0.29, 0.717) is 12.3 Å². The average Bonchev–Trinajstić information content (AvgIpc) is 2.46. The number of nitrogens with zero attached hydrogens (tertiary/aromatic N) is 1. The molecule has 1 saturated carbocycles. The van der Waals surface area contributed by atoms with E-state index in [9.17, 15) is 4.79 Å². The van der Waals surface area contributed by atoms with E-state index >= 15 is 0 Å². The van der Waals surface area contributed by atoms with Gasteiger partial charge in [-0.1, -0.05) is 33.1 Å². The van der Waals surface area contributed by atoms with Gasteiger partial charge < -0.3 is 10.1 Å². The van der Waals surface area contributed by atoms with Gasteiger partial charge in [-0.15, -0.1) is 0 Å². The Labute approximate surface area is 123 Å². The lowest BCUT2D eigenvalue weighted by Crippen LogP contribution is -2.59. The summed E-state index contributed by atoms with van der Waals surface area (Å²) in [4.78, 5) is 14.5. The fraction of sp³-hybridized carbons (Fsp3) is 0.938. The number of hydrogen-bond donors (Lipinski definition) is 1. The van der Waals surface area contributed by atoms with Gasteiger partial charge in [0.05, 0.1) is 13.2 Å². The fourth-order valence-corrected chi connectivity index (χ4v) is 3.56. The average molecular weight is 282 g/mol. The zero-order valence-corrected chi connectivity index (χ0v) is 13.1. The fourth-order valence-electron chi connectivity index (χ4n) is 3.56. The zero-order chi connectivity index (χ0) is 14.4. The number of amides is 1. The van der Waals surface area contributed by atoms with E-state index in [-0.39, 0.29) is 11.4 Å². The molecule has 116 valence electrons. The van der Waals surface area contributed by atoms with Crippen molar-refractivity contribution in [2.24, 2.45) is 5.92 Å². The molecule has 0 unspecified atom stereocenters. The van der Waals surface area contributed by atoms with Crippen molar-refractivity contribution in [2.75, 3.05) is 32.8 Å². The number of rotatable bonds is 5. The van der Waals surface area contributed by atoms with Crippen LogP contribution in [-0.4, -0.2) is 49.2 Å². The molecule has 1 aliphatic heterocycles.